The number of rotatable bonds is 6. The Labute approximate surface area is 121 Å². The lowest BCUT2D eigenvalue weighted by atomic mass is 9.76. The molecule has 20 heavy (non-hydrogen) atoms. The maximum absolute atomic E-state index is 12.0. The van der Waals surface area contributed by atoms with Crippen LogP contribution >= 0.6 is 0 Å². The summed E-state index contributed by atoms with van der Waals surface area (Å²) in [5.74, 6) is -0.703. The van der Waals surface area contributed by atoms with Crippen LogP contribution in [0.5, 0.6) is 0 Å². The second-order valence-electron chi connectivity index (χ2n) is 6.86. The predicted octanol–water partition coefficient (Wildman–Crippen LogP) is 1.72. The molecule has 1 fully saturated rings. The molecule has 0 aliphatic carbocycles. The molecule has 0 saturated carbocycles. The summed E-state index contributed by atoms with van der Waals surface area (Å²) in [5, 5.41) is 12.5. The molecule has 1 aliphatic rings. The fraction of sp³-hybridized carbons (Fsp3) is 0.867. The quantitative estimate of drug-likeness (QED) is 0.779. The molecule has 0 bridgehead atoms. The Balaban J connectivity index is 2.61. The van der Waals surface area contributed by atoms with Crippen LogP contribution in [0.3, 0.4) is 0 Å². The van der Waals surface area contributed by atoms with E-state index in [-0.39, 0.29) is 23.9 Å². The van der Waals surface area contributed by atoms with Gasteiger partial charge in [-0.15, -0.1) is 0 Å². The Bertz CT molecular complexity index is 379. The van der Waals surface area contributed by atoms with E-state index in [4.69, 9.17) is 0 Å². The Morgan fingerprint density at radius 3 is 2.40 bits per heavy atom. The minimum Gasteiger partial charge on any atom is -0.481 e. The van der Waals surface area contributed by atoms with Gasteiger partial charge >= 0.3 is 5.97 Å². The van der Waals surface area contributed by atoms with E-state index in [1.165, 1.54) is 0 Å². The Kier molecular flexibility index (Phi) is 5.19. The number of carboxylic acids is 1. The lowest BCUT2D eigenvalue weighted by Crippen LogP contribution is -2.48. The minimum atomic E-state index is -0.746. The third-order valence-electron chi connectivity index (χ3n) is 4.64. The highest BCUT2D eigenvalue weighted by Gasteiger charge is 2.47. The molecule has 0 radical (unpaired) electrons. The molecule has 1 rings (SSSR count). The van der Waals surface area contributed by atoms with Gasteiger partial charge in [-0.2, -0.15) is 0 Å². The van der Waals surface area contributed by atoms with Gasteiger partial charge in [0.1, 0.15) is 0 Å². The first-order chi connectivity index (χ1) is 9.13. The fourth-order valence-electron chi connectivity index (χ4n) is 2.65. The van der Waals surface area contributed by atoms with Crippen molar-refractivity contribution < 1.29 is 14.7 Å². The second kappa shape index (κ2) is 6.12. The van der Waals surface area contributed by atoms with Crippen molar-refractivity contribution in [1.29, 1.82) is 0 Å². The van der Waals surface area contributed by atoms with Crippen LogP contribution < -0.4 is 5.32 Å². The highest BCUT2D eigenvalue weighted by molar-refractivity contribution is 5.79. The summed E-state index contributed by atoms with van der Waals surface area (Å²) < 4.78 is 0. The number of nitrogens with one attached hydrogen (secondary N) is 1. The summed E-state index contributed by atoms with van der Waals surface area (Å²) in [5.41, 5.74) is -0.917. The Morgan fingerprint density at radius 2 is 2.00 bits per heavy atom. The van der Waals surface area contributed by atoms with Crippen LogP contribution in [0.25, 0.3) is 0 Å². The molecule has 1 aliphatic heterocycles. The van der Waals surface area contributed by atoms with E-state index in [1.807, 2.05) is 39.5 Å². The number of carbonyl (C=O) groups excluding carboxylic acids is 1. The number of carboxylic acid groups (broad SMARTS) is 1. The molecule has 1 heterocycles. The van der Waals surface area contributed by atoms with Gasteiger partial charge in [0, 0.05) is 12.1 Å². The standard InChI is InChI=1S/C15H28N2O3/c1-6-14(4,5)16-12(18)9-17-8-7-15(10-17,11(2)3)13(19)20/h11H,6-10H2,1-5H3,(H,16,18)(H,19,20). The average molecular weight is 284 g/mol. The highest BCUT2D eigenvalue weighted by Crippen LogP contribution is 2.37. The largest absolute Gasteiger partial charge is 0.481 e. The molecule has 116 valence electrons. The number of amides is 1. The SMILES string of the molecule is CCC(C)(C)NC(=O)CN1CCC(C(=O)O)(C(C)C)C1. The molecule has 0 aromatic heterocycles. The zero-order valence-corrected chi connectivity index (χ0v) is 13.3. The van der Waals surface area contributed by atoms with Gasteiger partial charge in [0.05, 0.1) is 12.0 Å². The third kappa shape index (κ3) is 3.72. The van der Waals surface area contributed by atoms with Gasteiger partial charge < -0.3 is 10.4 Å². The van der Waals surface area contributed by atoms with Crippen molar-refractivity contribution in [2.24, 2.45) is 11.3 Å². The molecule has 2 N–H and O–H groups in total. The smallest absolute Gasteiger partial charge is 0.311 e. The normalized spacial score (nSPS) is 24.1. The van der Waals surface area contributed by atoms with Gasteiger partial charge in [-0.3, -0.25) is 14.5 Å². The van der Waals surface area contributed by atoms with Crippen molar-refractivity contribution in [2.75, 3.05) is 19.6 Å². The van der Waals surface area contributed by atoms with Crippen molar-refractivity contribution in [2.45, 2.75) is 53.0 Å². The van der Waals surface area contributed by atoms with Gasteiger partial charge in [-0.25, -0.2) is 0 Å². The number of hydrogen-bond acceptors (Lipinski definition) is 3. The third-order valence-corrected chi connectivity index (χ3v) is 4.64. The first-order valence-corrected chi connectivity index (χ1v) is 7.40. The molecular formula is C15H28N2O3. The fourth-order valence-corrected chi connectivity index (χ4v) is 2.65. The van der Waals surface area contributed by atoms with Crippen molar-refractivity contribution in [3.05, 3.63) is 0 Å². The molecule has 0 aromatic carbocycles. The van der Waals surface area contributed by atoms with Crippen LogP contribution in [0.4, 0.5) is 0 Å². The van der Waals surface area contributed by atoms with Gasteiger partial charge in [0.15, 0.2) is 0 Å². The summed E-state index contributed by atoms with van der Waals surface area (Å²) >= 11 is 0. The first-order valence-electron chi connectivity index (χ1n) is 7.40. The van der Waals surface area contributed by atoms with E-state index in [1.54, 1.807) is 0 Å². The molecule has 5 nitrogen and oxygen atoms in total. The van der Waals surface area contributed by atoms with Gasteiger partial charge in [-0.1, -0.05) is 20.8 Å². The van der Waals surface area contributed by atoms with Crippen molar-refractivity contribution in [3.63, 3.8) is 0 Å². The zero-order chi connectivity index (χ0) is 15.6. The summed E-state index contributed by atoms with van der Waals surface area (Å²) in [7, 11) is 0. The summed E-state index contributed by atoms with van der Waals surface area (Å²) in [6.45, 7) is 11.3. The summed E-state index contributed by atoms with van der Waals surface area (Å²) in [6, 6.07) is 0. The second-order valence-corrected chi connectivity index (χ2v) is 6.86. The van der Waals surface area contributed by atoms with Crippen molar-refractivity contribution in [1.82, 2.24) is 10.2 Å². The zero-order valence-electron chi connectivity index (χ0n) is 13.3. The van der Waals surface area contributed by atoms with E-state index < -0.39 is 11.4 Å². The lowest BCUT2D eigenvalue weighted by Gasteiger charge is -2.29. The molecular weight excluding hydrogens is 256 g/mol. The summed E-state index contributed by atoms with van der Waals surface area (Å²) in [6.07, 6.45) is 1.48. The topological polar surface area (TPSA) is 69.6 Å². The number of nitrogens with zero attached hydrogens (tertiary/aromatic N) is 1. The van der Waals surface area contributed by atoms with E-state index in [0.29, 0.717) is 19.5 Å². The molecule has 5 heteroatoms. The van der Waals surface area contributed by atoms with Crippen LogP contribution in [0.2, 0.25) is 0 Å². The number of hydrogen-bond donors (Lipinski definition) is 2. The minimum absolute atomic E-state index is 0.0261. The van der Waals surface area contributed by atoms with Crippen molar-refractivity contribution in [3.8, 4) is 0 Å². The van der Waals surface area contributed by atoms with E-state index in [9.17, 15) is 14.7 Å². The first kappa shape index (κ1) is 17.0. The van der Waals surface area contributed by atoms with Gasteiger partial charge in [0.25, 0.3) is 0 Å². The Hall–Kier alpha value is -1.10. The number of likely N-dealkylation sites (tertiary alicyclic amines) is 1. The van der Waals surface area contributed by atoms with Gasteiger partial charge in [0.2, 0.25) is 5.91 Å². The molecule has 1 atom stereocenters. The number of carbonyl (C=O) groups is 2. The summed E-state index contributed by atoms with van der Waals surface area (Å²) in [4.78, 5) is 25.5. The maximum atomic E-state index is 12.0. The van der Waals surface area contributed by atoms with Crippen molar-refractivity contribution >= 4 is 11.9 Å². The van der Waals surface area contributed by atoms with Crippen LogP contribution in [-0.2, 0) is 9.59 Å². The molecule has 0 spiro atoms. The van der Waals surface area contributed by atoms with Crippen LogP contribution in [0.15, 0.2) is 0 Å². The van der Waals surface area contributed by atoms with Gasteiger partial charge in [-0.05, 0) is 39.2 Å². The molecule has 0 aromatic rings. The van der Waals surface area contributed by atoms with Crippen LogP contribution in [0.1, 0.15) is 47.5 Å². The predicted molar refractivity (Wildman–Crippen MR) is 78.5 cm³/mol. The lowest BCUT2D eigenvalue weighted by molar-refractivity contribution is -0.151. The van der Waals surface area contributed by atoms with E-state index in [0.717, 1.165) is 6.42 Å². The molecule has 1 amide bonds. The Morgan fingerprint density at radius 1 is 1.40 bits per heavy atom. The average Bonchev–Trinajstić information content (AvgIpc) is 2.73. The number of aliphatic carboxylic acids is 1. The van der Waals surface area contributed by atoms with E-state index in [2.05, 4.69) is 5.32 Å². The molecule has 1 unspecified atom stereocenters. The van der Waals surface area contributed by atoms with E-state index >= 15 is 0 Å². The maximum Gasteiger partial charge on any atom is 0.311 e. The molecule has 1 saturated heterocycles. The monoisotopic (exact) mass is 284 g/mol. The van der Waals surface area contributed by atoms with Crippen LogP contribution in [0, 0.1) is 11.3 Å². The van der Waals surface area contributed by atoms with Crippen LogP contribution in [-0.4, -0.2) is 47.1 Å². The highest BCUT2D eigenvalue weighted by atomic mass is 16.4.